The molecule has 1 aromatic heterocycles. The van der Waals surface area contributed by atoms with Crippen LogP contribution in [0.25, 0.3) is 0 Å². The first-order valence-corrected chi connectivity index (χ1v) is 7.75. The third kappa shape index (κ3) is 3.78. The topological polar surface area (TPSA) is 59.2 Å². The molecule has 22 heavy (non-hydrogen) atoms. The Hall–Kier alpha value is -1.59. The second-order valence-corrected chi connectivity index (χ2v) is 6.25. The molecule has 0 aliphatic heterocycles. The van der Waals surface area contributed by atoms with Crippen molar-refractivity contribution in [3.63, 3.8) is 0 Å². The Balaban J connectivity index is 2.42. The molecular weight excluding hydrogens is 325 g/mol. The van der Waals surface area contributed by atoms with Crippen LogP contribution in [0, 0.1) is 6.92 Å². The normalized spacial score (nSPS) is 11.2. The highest BCUT2D eigenvalue weighted by molar-refractivity contribution is 6.54. The van der Waals surface area contributed by atoms with E-state index in [0.29, 0.717) is 11.8 Å². The van der Waals surface area contributed by atoms with E-state index in [4.69, 9.17) is 27.6 Å². The number of benzene rings is 1. The van der Waals surface area contributed by atoms with E-state index in [1.165, 1.54) is 4.90 Å². The fourth-order valence-electron chi connectivity index (χ4n) is 2.16. The first kappa shape index (κ1) is 16.8. The van der Waals surface area contributed by atoms with E-state index in [9.17, 15) is 4.79 Å². The summed E-state index contributed by atoms with van der Waals surface area (Å²) < 4.78 is 5.36. The van der Waals surface area contributed by atoms with E-state index in [1.807, 2.05) is 24.3 Å². The molecule has 0 saturated heterocycles. The molecule has 118 valence electrons. The lowest BCUT2D eigenvalue weighted by molar-refractivity contribution is -0.117. The minimum atomic E-state index is -1.16. The first-order chi connectivity index (χ1) is 10.4. The molecule has 7 heteroatoms. The molecule has 0 saturated carbocycles. The zero-order valence-corrected chi connectivity index (χ0v) is 14.1. The highest BCUT2D eigenvalue weighted by Crippen LogP contribution is 2.29. The highest BCUT2D eigenvalue weighted by atomic mass is 35.5. The molecule has 0 radical (unpaired) electrons. The molecule has 1 aromatic carbocycles. The number of carbonyl (C=O) groups excluding carboxylic acids is 1. The van der Waals surface area contributed by atoms with Gasteiger partial charge in [0.2, 0.25) is 11.8 Å². The maximum atomic E-state index is 12.4. The largest absolute Gasteiger partial charge is 0.424 e. The molecule has 1 heterocycles. The fourth-order valence-corrected chi connectivity index (χ4v) is 2.39. The number of amides is 1. The van der Waals surface area contributed by atoms with Gasteiger partial charge in [0.05, 0.1) is 0 Å². The third-order valence-corrected chi connectivity index (χ3v) is 3.54. The molecule has 0 aliphatic carbocycles. The molecule has 5 nitrogen and oxygen atoms in total. The quantitative estimate of drug-likeness (QED) is 0.775. The average Bonchev–Trinajstić information content (AvgIpc) is 2.89. The summed E-state index contributed by atoms with van der Waals surface area (Å²) in [4.78, 5) is 12.7. The Morgan fingerprint density at radius 1 is 1.27 bits per heavy atom. The number of aryl methyl sites for hydroxylation is 1. The van der Waals surface area contributed by atoms with Crippen LogP contribution in [0.15, 0.2) is 28.7 Å². The van der Waals surface area contributed by atoms with Crippen molar-refractivity contribution >= 4 is 34.8 Å². The van der Waals surface area contributed by atoms with Gasteiger partial charge in [0, 0.05) is 12.6 Å². The monoisotopic (exact) mass is 341 g/mol. The lowest BCUT2D eigenvalue weighted by atomic mass is 10.0. The molecule has 0 aliphatic rings. The number of alkyl halides is 2. The van der Waals surface area contributed by atoms with Crippen molar-refractivity contribution in [2.24, 2.45) is 0 Å². The highest BCUT2D eigenvalue weighted by Gasteiger charge is 2.26. The van der Waals surface area contributed by atoms with E-state index < -0.39 is 10.7 Å². The number of nitrogens with zero attached hydrogens (tertiary/aromatic N) is 3. The smallest absolute Gasteiger partial charge is 0.260 e. The lowest BCUT2D eigenvalue weighted by Crippen LogP contribution is -2.35. The number of anilines is 1. The Morgan fingerprint density at radius 2 is 1.95 bits per heavy atom. The lowest BCUT2D eigenvalue weighted by Gasteiger charge is -2.25. The SMILES string of the molecule is Cc1nnc(CN(C(=O)C(Cl)Cl)c2ccccc2C(C)C)o1. The molecule has 1 amide bonds. The Labute approximate surface area is 139 Å². The van der Waals surface area contributed by atoms with Crippen LogP contribution in [0.2, 0.25) is 0 Å². The molecule has 0 atom stereocenters. The summed E-state index contributed by atoms with van der Waals surface area (Å²) in [5, 5.41) is 7.71. The van der Waals surface area contributed by atoms with Crippen LogP contribution < -0.4 is 4.90 Å². The molecule has 2 aromatic rings. The van der Waals surface area contributed by atoms with Gasteiger partial charge >= 0.3 is 0 Å². The fraction of sp³-hybridized carbons (Fsp3) is 0.400. The van der Waals surface area contributed by atoms with Gasteiger partial charge in [0.15, 0.2) is 4.84 Å². The zero-order chi connectivity index (χ0) is 16.3. The number of hydrogen-bond acceptors (Lipinski definition) is 4. The predicted molar refractivity (Wildman–Crippen MR) is 86.3 cm³/mol. The zero-order valence-electron chi connectivity index (χ0n) is 12.6. The van der Waals surface area contributed by atoms with E-state index in [1.54, 1.807) is 6.92 Å². The van der Waals surface area contributed by atoms with Gasteiger partial charge in [0.25, 0.3) is 5.91 Å². The van der Waals surface area contributed by atoms with Crippen LogP contribution in [0.4, 0.5) is 5.69 Å². The van der Waals surface area contributed by atoms with Crippen molar-refractivity contribution in [3.8, 4) is 0 Å². The minimum Gasteiger partial charge on any atom is -0.424 e. The summed E-state index contributed by atoms with van der Waals surface area (Å²) in [6, 6.07) is 7.61. The van der Waals surface area contributed by atoms with Crippen molar-refractivity contribution in [3.05, 3.63) is 41.6 Å². The maximum Gasteiger partial charge on any atom is 0.260 e. The number of para-hydroxylation sites is 1. The van der Waals surface area contributed by atoms with E-state index >= 15 is 0 Å². The predicted octanol–water partition coefficient (Wildman–Crippen LogP) is 3.84. The molecule has 0 bridgehead atoms. The molecule has 0 unspecified atom stereocenters. The van der Waals surface area contributed by atoms with Gasteiger partial charge in [-0.1, -0.05) is 55.2 Å². The van der Waals surface area contributed by atoms with Crippen LogP contribution in [0.3, 0.4) is 0 Å². The first-order valence-electron chi connectivity index (χ1n) is 6.87. The van der Waals surface area contributed by atoms with Crippen molar-refractivity contribution in [2.45, 2.75) is 38.1 Å². The van der Waals surface area contributed by atoms with E-state index in [0.717, 1.165) is 11.3 Å². The number of rotatable bonds is 5. The average molecular weight is 342 g/mol. The van der Waals surface area contributed by atoms with Crippen molar-refractivity contribution in [2.75, 3.05) is 4.90 Å². The maximum absolute atomic E-state index is 12.4. The summed E-state index contributed by atoms with van der Waals surface area (Å²) in [5.41, 5.74) is 1.76. The van der Waals surface area contributed by atoms with Crippen molar-refractivity contribution < 1.29 is 9.21 Å². The second-order valence-electron chi connectivity index (χ2n) is 5.15. The van der Waals surface area contributed by atoms with Crippen LogP contribution in [0.5, 0.6) is 0 Å². The summed E-state index contributed by atoms with van der Waals surface area (Å²) in [6.45, 7) is 5.92. The van der Waals surface area contributed by atoms with Gasteiger partial charge in [0.1, 0.15) is 6.54 Å². The van der Waals surface area contributed by atoms with Crippen LogP contribution in [-0.4, -0.2) is 20.9 Å². The standard InChI is InChI=1S/C15H17Cl2N3O2/c1-9(2)11-6-4-5-7-12(11)20(15(21)14(16)17)8-13-19-18-10(3)22-13/h4-7,9,14H,8H2,1-3H3. The van der Waals surface area contributed by atoms with Crippen LogP contribution >= 0.6 is 23.2 Å². The molecule has 2 rings (SSSR count). The Morgan fingerprint density at radius 3 is 2.50 bits per heavy atom. The van der Waals surface area contributed by atoms with Crippen LogP contribution in [-0.2, 0) is 11.3 Å². The molecule has 0 N–H and O–H groups in total. The summed E-state index contributed by atoms with van der Waals surface area (Å²) in [5.74, 6) is 0.582. The summed E-state index contributed by atoms with van der Waals surface area (Å²) in [6.07, 6.45) is 0. The minimum absolute atomic E-state index is 0.124. The Bertz CT molecular complexity index is 656. The molecule has 0 spiro atoms. The van der Waals surface area contributed by atoms with Gasteiger partial charge in [-0.3, -0.25) is 4.79 Å². The Kier molecular flexibility index (Phi) is 5.42. The van der Waals surface area contributed by atoms with E-state index in [-0.39, 0.29) is 12.5 Å². The van der Waals surface area contributed by atoms with Gasteiger partial charge in [-0.05, 0) is 17.5 Å². The number of halogens is 2. The third-order valence-electron chi connectivity index (χ3n) is 3.16. The summed E-state index contributed by atoms with van der Waals surface area (Å²) >= 11 is 11.6. The molecular formula is C15H17Cl2N3O2. The van der Waals surface area contributed by atoms with Gasteiger partial charge in [-0.25, -0.2) is 0 Å². The number of hydrogen-bond donors (Lipinski definition) is 0. The van der Waals surface area contributed by atoms with Gasteiger partial charge in [-0.15, -0.1) is 10.2 Å². The molecule has 0 fully saturated rings. The van der Waals surface area contributed by atoms with Crippen LogP contribution in [0.1, 0.15) is 37.1 Å². The number of aromatic nitrogens is 2. The van der Waals surface area contributed by atoms with E-state index in [2.05, 4.69) is 24.0 Å². The van der Waals surface area contributed by atoms with Gasteiger partial charge < -0.3 is 9.32 Å². The second kappa shape index (κ2) is 7.11. The summed E-state index contributed by atoms with van der Waals surface area (Å²) in [7, 11) is 0. The van der Waals surface area contributed by atoms with Crippen molar-refractivity contribution in [1.29, 1.82) is 0 Å². The number of carbonyl (C=O) groups is 1. The van der Waals surface area contributed by atoms with Gasteiger partial charge in [-0.2, -0.15) is 0 Å². The van der Waals surface area contributed by atoms with Crippen molar-refractivity contribution in [1.82, 2.24) is 10.2 Å².